The van der Waals surface area contributed by atoms with Crippen molar-refractivity contribution in [1.82, 2.24) is 14.9 Å². The highest BCUT2D eigenvalue weighted by molar-refractivity contribution is 5.79. The molecule has 2 heterocycles. The number of carbonyl (C=O) groups is 1. The maximum Gasteiger partial charge on any atom is 0.225 e. The Hall–Kier alpha value is -2.14. The summed E-state index contributed by atoms with van der Waals surface area (Å²) in [6.45, 7) is 4.17. The first-order chi connectivity index (χ1) is 11.8. The Morgan fingerprint density at radius 2 is 2.21 bits per heavy atom. The van der Waals surface area contributed by atoms with Crippen LogP contribution in [-0.2, 0) is 22.6 Å². The van der Waals surface area contributed by atoms with E-state index in [2.05, 4.69) is 29.4 Å². The fourth-order valence-electron chi connectivity index (χ4n) is 3.32. The van der Waals surface area contributed by atoms with E-state index < -0.39 is 0 Å². The third-order valence-corrected chi connectivity index (χ3v) is 4.66. The van der Waals surface area contributed by atoms with E-state index in [4.69, 9.17) is 4.74 Å². The summed E-state index contributed by atoms with van der Waals surface area (Å²) in [5.74, 6) is 0.0866. The number of nitrogens with zero attached hydrogens (tertiary/aromatic N) is 2. The summed E-state index contributed by atoms with van der Waals surface area (Å²) in [5.41, 5.74) is 2.34. The lowest BCUT2D eigenvalue weighted by atomic mass is 9.91. The first-order valence-corrected chi connectivity index (χ1v) is 8.69. The van der Waals surface area contributed by atoms with Crippen molar-refractivity contribution in [1.29, 1.82) is 0 Å². The van der Waals surface area contributed by atoms with Gasteiger partial charge in [-0.15, -0.1) is 0 Å². The quantitative estimate of drug-likeness (QED) is 0.887. The minimum absolute atomic E-state index is 0.0236. The minimum atomic E-state index is -0.0236. The van der Waals surface area contributed by atoms with Gasteiger partial charge in [0.15, 0.2) is 0 Å². The van der Waals surface area contributed by atoms with Gasteiger partial charge in [-0.25, -0.2) is 4.98 Å². The topological polar surface area (TPSA) is 56.1 Å². The molecule has 1 aromatic heterocycles. The first kappa shape index (κ1) is 16.7. The molecule has 1 amide bonds. The molecule has 128 valence electrons. The highest BCUT2D eigenvalue weighted by Gasteiger charge is 2.30. The van der Waals surface area contributed by atoms with Crippen LogP contribution in [0.4, 0.5) is 0 Å². The van der Waals surface area contributed by atoms with Crippen molar-refractivity contribution in [2.24, 2.45) is 5.92 Å². The summed E-state index contributed by atoms with van der Waals surface area (Å²) in [4.78, 5) is 16.6. The SMILES string of the molecule is CC[C@@H]1OCCC[C@@H]1C(=O)NCc1ccccc1Cn1ccnc1. The lowest BCUT2D eigenvalue weighted by molar-refractivity contribution is -0.134. The second-order valence-electron chi connectivity index (χ2n) is 6.29. The zero-order chi connectivity index (χ0) is 16.8. The van der Waals surface area contributed by atoms with Gasteiger partial charge in [0.25, 0.3) is 0 Å². The molecule has 0 saturated carbocycles. The van der Waals surface area contributed by atoms with Gasteiger partial charge in [-0.05, 0) is 30.4 Å². The van der Waals surface area contributed by atoms with Gasteiger partial charge in [0.05, 0.1) is 18.3 Å². The second kappa shape index (κ2) is 8.11. The van der Waals surface area contributed by atoms with Crippen LogP contribution in [0.25, 0.3) is 0 Å². The van der Waals surface area contributed by atoms with E-state index >= 15 is 0 Å². The Labute approximate surface area is 143 Å². The summed E-state index contributed by atoms with van der Waals surface area (Å²) in [6, 6.07) is 8.21. The van der Waals surface area contributed by atoms with Gasteiger partial charge in [-0.1, -0.05) is 31.2 Å². The Balaban J connectivity index is 1.63. The molecule has 1 saturated heterocycles. The molecule has 0 radical (unpaired) electrons. The Morgan fingerprint density at radius 1 is 1.38 bits per heavy atom. The molecule has 1 fully saturated rings. The van der Waals surface area contributed by atoms with Crippen LogP contribution in [0.2, 0.25) is 0 Å². The fraction of sp³-hybridized carbons (Fsp3) is 0.474. The molecule has 0 unspecified atom stereocenters. The molecule has 0 bridgehead atoms. The number of rotatable bonds is 6. The summed E-state index contributed by atoms with van der Waals surface area (Å²) in [5, 5.41) is 3.11. The van der Waals surface area contributed by atoms with Crippen molar-refractivity contribution in [2.75, 3.05) is 6.61 Å². The van der Waals surface area contributed by atoms with Crippen LogP contribution >= 0.6 is 0 Å². The van der Waals surface area contributed by atoms with E-state index in [9.17, 15) is 4.79 Å². The van der Waals surface area contributed by atoms with Crippen LogP contribution in [0.15, 0.2) is 43.0 Å². The number of aromatic nitrogens is 2. The van der Waals surface area contributed by atoms with Crippen LogP contribution in [0.1, 0.15) is 37.3 Å². The van der Waals surface area contributed by atoms with Crippen LogP contribution < -0.4 is 5.32 Å². The van der Waals surface area contributed by atoms with Gasteiger partial charge in [0, 0.05) is 32.1 Å². The lowest BCUT2D eigenvalue weighted by Crippen LogP contribution is -2.41. The average Bonchev–Trinajstić information content (AvgIpc) is 3.13. The largest absolute Gasteiger partial charge is 0.377 e. The van der Waals surface area contributed by atoms with E-state index in [-0.39, 0.29) is 17.9 Å². The van der Waals surface area contributed by atoms with Gasteiger partial charge in [-0.3, -0.25) is 4.79 Å². The lowest BCUT2D eigenvalue weighted by Gasteiger charge is -2.30. The number of amides is 1. The number of nitrogens with one attached hydrogen (secondary N) is 1. The maximum absolute atomic E-state index is 12.6. The molecule has 1 aromatic carbocycles. The van der Waals surface area contributed by atoms with E-state index in [0.717, 1.165) is 38.0 Å². The molecule has 24 heavy (non-hydrogen) atoms. The number of imidazole rings is 1. The van der Waals surface area contributed by atoms with E-state index in [1.165, 1.54) is 5.56 Å². The molecule has 3 rings (SSSR count). The van der Waals surface area contributed by atoms with Crippen LogP contribution in [0, 0.1) is 5.92 Å². The molecule has 1 aliphatic rings. The number of hydrogen-bond donors (Lipinski definition) is 1. The van der Waals surface area contributed by atoms with Crippen molar-refractivity contribution in [2.45, 2.75) is 45.4 Å². The number of carbonyl (C=O) groups excluding carboxylic acids is 1. The van der Waals surface area contributed by atoms with E-state index in [1.807, 2.05) is 22.9 Å². The Morgan fingerprint density at radius 3 is 2.96 bits per heavy atom. The van der Waals surface area contributed by atoms with Gasteiger partial charge in [0.1, 0.15) is 0 Å². The molecule has 1 N–H and O–H groups in total. The van der Waals surface area contributed by atoms with Crippen LogP contribution in [-0.4, -0.2) is 28.2 Å². The summed E-state index contributed by atoms with van der Waals surface area (Å²) in [7, 11) is 0. The van der Waals surface area contributed by atoms with Crippen molar-refractivity contribution in [3.63, 3.8) is 0 Å². The third-order valence-electron chi connectivity index (χ3n) is 4.66. The van der Waals surface area contributed by atoms with Crippen molar-refractivity contribution >= 4 is 5.91 Å². The molecule has 5 nitrogen and oxygen atoms in total. The summed E-state index contributed by atoms with van der Waals surface area (Å²) < 4.78 is 7.77. The minimum Gasteiger partial charge on any atom is -0.377 e. The fourth-order valence-corrected chi connectivity index (χ4v) is 3.32. The zero-order valence-electron chi connectivity index (χ0n) is 14.1. The second-order valence-corrected chi connectivity index (χ2v) is 6.29. The standard InChI is InChI=1S/C19H25N3O2/c1-2-18-17(8-5-11-24-18)19(23)21-12-15-6-3-4-7-16(15)13-22-10-9-20-14-22/h3-4,6-7,9-10,14,17-18H,2,5,8,11-13H2,1H3,(H,21,23)/t17-,18-/m0/s1. The predicted octanol–water partition coefficient (Wildman–Crippen LogP) is 2.75. The Kier molecular flexibility index (Phi) is 5.64. The van der Waals surface area contributed by atoms with Crippen LogP contribution in [0.5, 0.6) is 0 Å². The van der Waals surface area contributed by atoms with Gasteiger partial charge < -0.3 is 14.6 Å². The average molecular weight is 327 g/mol. The molecule has 5 heteroatoms. The van der Waals surface area contributed by atoms with Gasteiger partial charge in [-0.2, -0.15) is 0 Å². The van der Waals surface area contributed by atoms with E-state index in [1.54, 1.807) is 12.5 Å². The number of ether oxygens (including phenoxy) is 1. The van der Waals surface area contributed by atoms with Crippen molar-refractivity contribution in [3.8, 4) is 0 Å². The molecular weight excluding hydrogens is 302 g/mol. The highest BCUT2D eigenvalue weighted by Crippen LogP contribution is 2.23. The Bertz CT molecular complexity index is 654. The van der Waals surface area contributed by atoms with Gasteiger partial charge in [0.2, 0.25) is 5.91 Å². The molecule has 2 aromatic rings. The number of hydrogen-bond acceptors (Lipinski definition) is 3. The first-order valence-electron chi connectivity index (χ1n) is 8.69. The predicted molar refractivity (Wildman–Crippen MR) is 92.4 cm³/mol. The van der Waals surface area contributed by atoms with Gasteiger partial charge >= 0.3 is 0 Å². The van der Waals surface area contributed by atoms with Crippen molar-refractivity contribution < 1.29 is 9.53 Å². The zero-order valence-corrected chi connectivity index (χ0v) is 14.1. The smallest absolute Gasteiger partial charge is 0.225 e. The maximum atomic E-state index is 12.6. The molecule has 0 spiro atoms. The molecule has 1 aliphatic heterocycles. The van der Waals surface area contributed by atoms with Crippen molar-refractivity contribution in [3.05, 3.63) is 54.1 Å². The molecule has 2 atom stereocenters. The monoisotopic (exact) mass is 327 g/mol. The summed E-state index contributed by atoms with van der Waals surface area (Å²) >= 11 is 0. The molecular formula is C19H25N3O2. The third kappa shape index (κ3) is 4.03. The van der Waals surface area contributed by atoms with E-state index in [0.29, 0.717) is 6.54 Å². The normalized spacial score (nSPS) is 20.7. The molecule has 0 aliphatic carbocycles. The highest BCUT2D eigenvalue weighted by atomic mass is 16.5. The number of benzene rings is 1. The summed E-state index contributed by atoms with van der Waals surface area (Å²) in [6.07, 6.45) is 8.35. The van der Waals surface area contributed by atoms with Crippen LogP contribution in [0.3, 0.4) is 0 Å².